The quantitative estimate of drug-likeness (QED) is 0.150. The van der Waals surface area contributed by atoms with Gasteiger partial charge in [0.25, 0.3) is 0 Å². The van der Waals surface area contributed by atoms with Crippen LogP contribution in [0.4, 0.5) is 17.1 Å². The van der Waals surface area contributed by atoms with Crippen LogP contribution in [0.2, 0.25) is 0 Å². The van der Waals surface area contributed by atoms with Crippen LogP contribution in [-0.4, -0.2) is 6.71 Å². The van der Waals surface area contributed by atoms with Crippen molar-refractivity contribution in [3.05, 3.63) is 238 Å². The molecule has 9 aromatic carbocycles. The van der Waals surface area contributed by atoms with Gasteiger partial charge in [-0.2, -0.15) is 0 Å². The second-order valence-corrected chi connectivity index (χ2v) is 28.9. The van der Waals surface area contributed by atoms with E-state index in [-0.39, 0.29) is 39.7 Å². The monoisotopic (exact) mass is 1060 g/mol. The van der Waals surface area contributed by atoms with E-state index in [1.54, 1.807) is 22.2 Å². The Morgan fingerprint density at radius 3 is 1.90 bits per heavy atom. The minimum atomic E-state index is -0.0355. The molecule has 5 aliphatic rings. The Labute approximate surface area is 480 Å². The highest BCUT2D eigenvalue weighted by molar-refractivity contribution is 7.26. The molecule has 4 unspecified atom stereocenters. The van der Waals surface area contributed by atoms with Crippen LogP contribution in [0.1, 0.15) is 168 Å². The van der Waals surface area contributed by atoms with Crippen LogP contribution in [0, 0.1) is 12.3 Å². The SMILES string of the molecule is Cc1cc2c3c(c1)C1c4c(cc(-c5ccccc5)cc4C4(C)CCCCC14C)B3c1ccc(N(c3ccc(C(C)(C)C)cc3)c3cccc4c3sc3ccccc34)cc1C2c1cc2c(cc1-c1ccccc1)C(C)(C)CCC2(C)C. The van der Waals surface area contributed by atoms with E-state index >= 15 is 0 Å². The number of aryl methyl sites for hydroxylation is 1. The number of anilines is 3. The number of fused-ring (bicyclic) bond motifs is 11. The maximum atomic E-state index is 2.74. The van der Waals surface area contributed by atoms with Crippen molar-refractivity contribution in [3.8, 4) is 22.3 Å². The van der Waals surface area contributed by atoms with E-state index < -0.39 is 0 Å². The molecule has 0 spiro atoms. The van der Waals surface area contributed by atoms with E-state index in [0.29, 0.717) is 5.92 Å². The molecule has 0 radical (unpaired) electrons. The van der Waals surface area contributed by atoms with Gasteiger partial charge in [-0.25, -0.2) is 0 Å². The third-order valence-electron chi connectivity index (χ3n) is 21.3. The van der Waals surface area contributed by atoms with Crippen molar-refractivity contribution < 1.29 is 0 Å². The molecule has 2 aliphatic heterocycles. The minimum Gasteiger partial charge on any atom is -0.309 e. The van der Waals surface area contributed by atoms with Gasteiger partial charge in [0.1, 0.15) is 0 Å². The Balaban J connectivity index is 1.07. The van der Waals surface area contributed by atoms with Crippen LogP contribution in [0.3, 0.4) is 0 Å². The van der Waals surface area contributed by atoms with Gasteiger partial charge in [0.05, 0.1) is 10.4 Å². The van der Waals surface area contributed by atoms with Crippen molar-refractivity contribution in [1.29, 1.82) is 0 Å². The molecule has 3 heteroatoms. The summed E-state index contributed by atoms with van der Waals surface area (Å²) in [5.74, 6) is 0.283. The largest absolute Gasteiger partial charge is 0.309 e. The second kappa shape index (κ2) is 17.5. The lowest BCUT2D eigenvalue weighted by molar-refractivity contribution is 0.0926. The summed E-state index contributed by atoms with van der Waals surface area (Å²) < 4.78 is 2.64. The Kier molecular flexibility index (Phi) is 11.0. The lowest BCUT2D eigenvalue weighted by Gasteiger charge is -2.50. The van der Waals surface area contributed by atoms with Crippen molar-refractivity contribution in [1.82, 2.24) is 0 Å². The fourth-order valence-electron chi connectivity index (χ4n) is 16.8. The summed E-state index contributed by atoms with van der Waals surface area (Å²) in [6.45, 7) is 24.9. The van der Waals surface area contributed by atoms with Crippen LogP contribution >= 0.6 is 11.3 Å². The number of benzene rings is 9. The predicted molar refractivity (Wildman–Crippen MR) is 344 cm³/mol. The molecule has 1 nitrogen and oxygen atoms in total. The first-order valence-electron chi connectivity index (χ1n) is 30.0. The maximum absolute atomic E-state index is 2.74. The van der Waals surface area contributed by atoms with Crippen LogP contribution in [0.5, 0.6) is 0 Å². The fourth-order valence-corrected chi connectivity index (χ4v) is 18.0. The fraction of sp³-hybridized carbons (Fsp3) is 0.299. The van der Waals surface area contributed by atoms with E-state index in [0.717, 1.165) is 0 Å². The van der Waals surface area contributed by atoms with E-state index in [1.807, 2.05) is 11.3 Å². The average molecular weight is 1060 g/mol. The molecular weight excluding hydrogens is 982 g/mol. The minimum absolute atomic E-state index is 0.0226. The van der Waals surface area contributed by atoms with Crippen molar-refractivity contribution in [3.63, 3.8) is 0 Å². The van der Waals surface area contributed by atoms with E-state index in [9.17, 15) is 0 Å². The van der Waals surface area contributed by atoms with Gasteiger partial charge >= 0.3 is 0 Å². The highest BCUT2D eigenvalue weighted by Crippen LogP contribution is 2.68. The Bertz CT molecular complexity index is 4170. The van der Waals surface area contributed by atoms with Gasteiger partial charge in [-0.05, 0) is 168 Å². The first-order valence-corrected chi connectivity index (χ1v) is 30.8. The summed E-state index contributed by atoms with van der Waals surface area (Å²) >= 11 is 1.92. The highest BCUT2D eigenvalue weighted by atomic mass is 32.1. The zero-order chi connectivity index (χ0) is 54.8. The van der Waals surface area contributed by atoms with Gasteiger partial charge in [0.2, 0.25) is 6.71 Å². The number of rotatable bonds is 6. The molecule has 396 valence electrons. The van der Waals surface area contributed by atoms with Crippen molar-refractivity contribution in [2.24, 2.45) is 5.41 Å². The number of hydrogen-bond acceptors (Lipinski definition) is 2. The molecule has 1 aromatic heterocycles. The Morgan fingerprint density at radius 1 is 0.512 bits per heavy atom. The molecule has 0 bridgehead atoms. The van der Waals surface area contributed by atoms with Crippen LogP contribution in [-0.2, 0) is 21.7 Å². The molecule has 3 aliphatic carbocycles. The first-order chi connectivity index (χ1) is 38.4. The third kappa shape index (κ3) is 7.20. The molecule has 1 fully saturated rings. The lowest BCUT2D eigenvalue weighted by Crippen LogP contribution is -2.63. The maximum Gasteiger partial charge on any atom is 0.242 e. The normalized spacial score (nSPS) is 21.9. The van der Waals surface area contributed by atoms with Crippen molar-refractivity contribution in [2.75, 3.05) is 4.90 Å². The topological polar surface area (TPSA) is 3.24 Å². The van der Waals surface area contributed by atoms with Crippen molar-refractivity contribution in [2.45, 2.75) is 141 Å². The summed E-state index contributed by atoms with van der Waals surface area (Å²) in [6.07, 6.45) is 7.38. The Morgan fingerprint density at radius 2 is 1.16 bits per heavy atom. The molecule has 4 atom stereocenters. The van der Waals surface area contributed by atoms with Gasteiger partial charge in [-0.15, -0.1) is 11.3 Å². The molecular formula is C77H74BNS. The summed E-state index contributed by atoms with van der Waals surface area (Å²) in [4.78, 5) is 2.60. The van der Waals surface area contributed by atoms with Gasteiger partial charge in [-0.1, -0.05) is 243 Å². The number of nitrogens with zero attached hydrogens (tertiary/aromatic N) is 1. The lowest BCUT2D eigenvalue weighted by atomic mass is 9.28. The smallest absolute Gasteiger partial charge is 0.242 e. The molecule has 3 heterocycles. The van der Waals surface area contributed by atoms with Crippen LogP contribution < -0.4 is 21.3 Å². The van der Waals surface area contributed by atoms with E-state index in [2.05, 4.69) is 256 Å². The van der Waals surface area contributed by atoms with Crippen LogP contribution in [0.15, 0.2) is 182 Å². The van der Waals surface area contributed by atoms with Gasteiger partial charge in [0, 0.05) is 38.7 Å². The molecule has 15 rings (SSSR count). The molecule has 0 amide bonds. The summed E-state index contributed by atoms with van der Waals surface area (Å²) in [5.41, 5.74) is 28.7. The molecule has 1 saturated carbocycles. The molecule has 10 aromatic rings. The Hall–Kier alpha value is -6.94. The zero-order valence-electron chi connectivity index (χ0n) is 48.7. The summed E-state index contributed by atoms with van der Waals surface area (Å²) in [6, 6.07) is 72.1. The highest BCUT2D eigenvalue weighted by Gasteiger charge is 2.62. The van der Waals surface area contributed by atoms with E-state index in [1.165, 1.54) is 148 Å². The molecule has 0 N–H and O–H groups in total. The van der Waals surface area contributed by atoms with Gasteiger partial charge in [-0.3, -0.25) is 0 Å². The van der Waals surface area contributed by atoms with Crippen LogP contribution in [0.25, 0.3) is 42.4 Å². The zero-order valence-corrected chi connectivity index (χ0v) is 49.5. The molecule has 0 saturated heterocycles. The summed E-state index contributed by atoms with van der Waals surface area (Å²) in [7, 11) is 0. The van der Waals surface area contributed by atoms with Crippen molar-refractivity contribution >= 4 is 71.7 Å². The van der Waals surface area contributed by atoms with E-state index in [4.69, 9.17) is 0 Å². The average Bonchev–Trinajstić information content (AvgIpc) is 1.85. The summed E-state index contributed by atoms with van der Waals surface area (Å²) in [5, 5.41) is 2.63. The standard InChI is InChI=1S/C77H74BNS/c1-47-40-59-68(57-46-62-61(74(5,6)38-39-75(62,7)8)45-56(57)49-24-15-12-16-25-49)58-44-53(79(52-32-30-51(31-33-52)73(2,3)4)66-28-21-27-55-54-26-17-18-29-67(54)80-72(55)66)34-35-64(58)78-65-43-50(48-22-13-11-14-23-48)42-63-69(65)70(60(41-47)71(59)78)77(10)37-20-19-36-76(63,77)9/h11-18,21-35,40-46,68,70H,19-20,36-39H2,1-10H3. The molecule has 80 heavy (non-hydrogen) atoms. The van der Waals surface area contributed by atoms with Gasteiger partial charge in [0.15, 0.2) is 0 Å². The number of thiophene rings is 1. The number of hydrogen-bond donors (Lipinski definition) is 0. The third-order valence-corrected chi connectivity index (χ3v) is 22.5. The second-order valence-electron chi connectivity index (χ2n) is 27.8. The first kappa shape index (κ1) is 50.1. The van der Waals surface area contributed by atoms with Gasteiger partial charge < -0.3 is 4.90 Å². The predicted octanol–water partition coefficient (Wildman–Crippen LogP) is 19.1.